The summed E-state index contributed by atoms with van der Waals surface area (Å²) in [6.45, 7) is 6.25. The van der Waals surface area contributed by atoms with E-state index in [9.17, 15) is 9.90 Å². The van der Waals surface area contributed by atoms with Crippen molar-refractivity contribution in [2.24, 2.45) is 0 Å². The molecule has 0 bridgehead atoms. The number of aliphatic hydroxyl groups is 1. The number of hydrogen-bond donors (Lipinski definition) is 3. The van der Waals surface area contributed by atoms with Crippen molar-refractivity contribution in [3.05, 3.63) is 0 Å². The molecule has 5 nitrogen and oxygen atoms in total. The third-order valence-corrected chi connectivity index (χ3v) is 3.86. The lowest BCUT2D eigenvalue weighted by Gasteiger charge is -2.42. The van der Waals surface area contributed by atoms with Crippen LogP contribution in [-0.4, -0.2) is 41.0 Å². The third kappa shape index (κ3) is 4.35. The number of alkyl carbamates (subject to hydrolysis) is 1. The minimum absolute atomic E-state index is 0.198. The van der Waals surface area contributed by atoms with E-state index in [-0.39, 0.29) is 12.1 Å². The molecule has 0 spiro atoms. The molecule has 19 heavy (non-hydrogen) atoms. The molecule has 0 saturated heterocycles. The average Bonchev–Trinajstić information content (AvgIpc) is 2.15. The van der Waals surface area contributed by atoms with Crippen molar-refractivity contribution >= 4 is 6.09 Å². The van der Waals surface area contributed by atoms with E-state index in [1.54, 1.807) is 0 Å². The van der Waals surface area contributed by atoms with Gasteiger partial charge in [0.2, 0.25) is 0 Å². The van der Waals surface area contributed by atoms with Crippen LogP contribution in [0.5, 0.6) is 0 Å². The molecule has 0 heterocycles. The molecular weight excluding hydrogens is 244 g/mol. The van der Waals surface area contributed by atoms with Gasteiger partial charge >= 0.3 is 6.09 Å². The van der Waals surface area contributed by atoms with Crippen molar-refractivity contribution in [2.75, 3.05) is 6.54 Å². The largest absolute Gasteiger partial charge is 0.444 e. The molecule has 1 amide bonds. The average molecular weight is 270 g/mol. The molecule has 2 saturated carbocycles. The van der Waals surface area contributed by atoms with Gasteiger partial charge in [0.1, 0.15) is 5.60 Å². The van der Waals surface area contributed by atoms with E-state index in [1.807, 2.05) is 20.8 Å². The molecule has 0 radical (unpaired) electrons. The van der Waals surface area contributed by atoms with Crippen LogP contribution in [0.15, 0.2) is 0 Å². The summed E-state index contributed by atoms with van der Waals surface area (Å²) in [6.07, 6.45) is 4.43. The van der Waals surface area contributed by atoms with Gasteiger partial charge in [-0.2, -0.15) is 0 Å². The van der Waals surface area contributed by atoms with Crippen LogP contribution in [0.1, 0.15) is 52.9 Å². The maximum absolute atomic E-state index is 11.5. The first-order valence-corrected chi connectivity index (χ1v) is 7.21. The summed E-state index contributed by atoms with van der Waals surface area (Å²) >= 11 is 0. The standard InChI is InChI=1S/C14H26N2O3/c1-13(2,3)19-12(17)16-11-7-10(8-11)15-9-14(18)5-4-6-14/h10-11,15,18H,4-9H2,1-3H3,(H,16,17). The summed E-state index contributed by atoms with van der Waals surface area (Å²) in [5.41, 5.74) is -0.914. The van der Waals surface area contributed by atoms with Gasteiger partial charge in [0.05, 0.1) is 5.60 Å². The molecule has 5 heteroatoms. The lowest BCUT2D eigenvalue weighted by atomic mass is 9.79. The highest BCUT2D eigenvalue weighted by Gasteiger charge is 2.37. The number of ether oxygens (including phenoxy) is 1. The van der Waals surface area contributed by atoms with Crippen molar-refractivity contribution in [1.82, 2.24) is 10.6 Å². The van der Waals surface area contributed by atoms with E-state index in [0.717, 1.165) is 32.1 Å². The summed E-state index contributed by atoms with van der Waals surface area (Å²) < 4.78 is 5.21. The van der Waals surface area contributed by atoms with Gasteiger partial charge in [-0.3, -0.25) is 0 Å². The van der Waals surface area contributed by atoms with Crippen molar-refractivity contribution in [3.63, 3.8) is 0 Å². The Morgan fingerprint density at radius 2 is 1.95 bits per heavy atom. The zero-order valence-electron chi connectivity index (χ0n) is 12.2. The molecule has 2 aliphatic carbocycles. The lowest BCUT2D eigenvalue weighted by molar-refractivity contribution is -0.0359. The van der Waals surface area contributed by atoms with Crippen molar-refractivity contribution in [1.29, 1.82) is 0 Å². The third-order valence-electron chi connectivity index (χ3n) is 3.86. The van der Waals surface area contributed by atoms with Crippen LogP contribution < -0.4 is 10.6 Å². The maximum Gasteiger partial charge on any atom is 0.407 e. The van der Waals surface area contributed by atoms with Gasteiger partial charge in [-0.25, -0.2) is 4.79 Å². The smallest absolute Gasteiger partial charge is 0.407 e. The fraction of sp³-hybridized carbons (Fsp3) is 0.929. The topological polar surface area (TPSA) is 70.6 Å². The lowest BCUT2D eigenvalue weighted by Crippen LogP contribution is -2.57. The fourth-order valence-corrected chi connectivity index (χ4v) is 2.47. The molecule has 2 fully saturated rings. The molecule has 2 aliphatic rings. The summed E-state index contributed by atoms with van der Waals surface area (Å²) in [7, 11) is 0. The van der Waals surface area contributed by atoms with Gasteiger partial charge in [-0.05, 0) is 52.9 Å². The summed E-state index contributed by atoms with van der Waals surface area (Å²) in [6, 6.07) is 0.605. The first kappa shape index (κ1) is 14.6. The van der Waals surface area contributed by atoms with E-state index in [2.05, 4.69) is 10.6 Å². The first-order chi connectivity index (χ1) is 8.76. The molecule has 0 aromatic heterocycles. The van der Waals surface area contributed by atoms with Crippen LogP contribution in [0.2, 0.25) is 0 Å². The predicted octanol–water partition coefficient (Wildman–Crippen LogP) is 1.55. The maximum atomic E-state index is 11.5. The van der Waals surface area contributed by atoms with Crippen molar-refractivity contribution in [3.8, 4) is 0 Å². The molecular formula is C14H26N2O3. The van der Waals surface area contributed by atoms with Crippen molar-refractivity contribution in [2.45, 2.75) is 76.2 Å². The molecule has 0 aliphatic heterocycles. The highest BCUT2D eigenvalue weighted by molar-refractivity contribution is 5.68. The fourth-order valence-electron chi connectivity index (χ4n) is 2.47. The Hall–Kier alpha value is -0.810. The Morgan fingerprint density at radius 3 is 2.42 bits per heavy atom. The second-order valence-electron chi connectivity index (χ2n) is 6.97. The van der Waals surface area contributed by atoms with Crippen LogP contribution in [0.3, 0.4) is 0 Å². The SMILES string of the molecule is CC(C)(C)OC(=O)NC1CC(NCC2(O)CCC2)C1. The van der Waals surface area contributed by atoms with Crippen LogP contribution in [0.4, 0.5) is 4.79 Å². The highest BCUT2D eigenvalue weighted by Crippen LogP contribution is 2.31. The van der Waals surface area contributed by atoms with Crippen LogP contribution >= 0.6 is 0 Å². The molecule has 0 unspecified atom stereocenters. The molecule has 0 aromatic rings. The predicted molar refractivity (Wildman–Crippen MR) is 73.0 cm³/mol. The van der Waals surface area contributed by atoms with Crippen LogP contribution in [-0.2, 0) is 4.74 Å². The first-order valence-electron chi connectivity index (χ1n) is 7.21. The summed E-state index contributed by atoms with van der Waals surface area (Å²) in [5.74, 6) is 0. The van der Waals surface area contributed by atoms with Crippen LogP contribution in [0.25, 0.3) is 0 Å². The van der Waals surface area contributed by atoms with Gasteiger partial charge in [-0.1, -0.05) is 0 Å². The summed E-state index contributed by atoms with van der Waals surface area (Å²) in [4.78, 5) is 11.5. The second-order valence-corrected chi connectivity index (χ2v) is 6.97. The second kappa shape index (κ2) is 5.29. The van der Waals surface area contributed by atoms with Gasteiger partial charge in [0.15, 0.2) is 0 Å². The van der Waals surface area contributed by atoms with Gasteiger partial charge < -0.3 is 20.5 Å². The number of amides is 1. The Bertz CT molecular complexity index is 328. The molecule has 3 N–H and O–H groups in total. The van der Waals surface area contributed by atoms with E-state index in [4.69, 9.17) is 4.74 Å². The van der Waals surface area contributed by atoms with E-state index >= 15 is 0 Å². The number of hydrogen-bond acceptors (Lipinski definition) is 4. The molecule has 0 aromatic carbocycles. The number of carbonyl (C=O) groups is 1. The van der Waals surface area contributed by atoms with E-state index in [0.29, 0.717) is 12.6 Å². The highest BCUT2D eigenvalue weighted by atomic mass is 16.6. The number of rotatable bonds is 4. The monoisotopic (exact) mass is 270 g/mol. The van der Waals surface area contributed by atoms with Gasteiger partial charge in [0.25, 0.3) is 0 Å². The Morgan fingerprint density at radius 1 is 1.32 bits per heavy atom. The van der Waals surface area contributed by atoms with E-state index in [1.165, 1.54) is 0 Å². The zero-order chi connectivity index (χ0) is 14.1. The van der Waals surface area contributed by atoms with Gasteiger partial charge in [-0.15, -0.1) is 0 Å². The quantitative estimate of drug-likeness (QED) is 0.725. The Kier molecular flexibility index (Phi) is 4.06. The number of carbonyl (C=O) groups excluding carboxylic acids is 1. The normalized spacial score (nSPS) is 29.1. The van der Waals surface area contributed by atoms with E-state index < -0.39 is 11.2 Å². The minimum atomic E-state index is -0.469. The van der Waals surface area contributed by atoms with Crippen molar-refractivity contribution < 1.29 is 14.6 Å². The molecule has 0 atom stereocenters. The Balaban J connectivity index is 1.57. The minimum Gasteiger partial charge on any atom is -0.444 e. The molecule has 2 rings (SSSR count). The number of nitrogens with one attached hydrogen (secondary N) is 2. The van der Waals surface area contributed by atoms with Gasteiger partial charge in [0, 0.05) is 18.6 Å². The molecule has 110 valence electrons. The van der Waals surface area contributed by atoms with Crippen LogP contribution in [0, 0.1) is 0 Å². The zero-order valence-corrected chi connectivity index (χ0v) is 12.2. The Labute approximate surface area is 115 Å². The summed E-state index contributed by atoms with van der Waals surface area (Å²) in [5, 5.41) is 16.2.